The van der Waals surface area contributed by atoms with Crippen LogP contribution in [0.2, 0.25) is 10.0 Å². The van der Waals surface area contributed by atoms with E-state index in [1.54, 1.807) is 10.7 Å². The van der Waals surface area contributed by atoms with Crippen molar-refractivity contribution in [2.45, 2.75) is 32.7 Å². The predicted molar refractivity (Wildman–Crippen MR) is 91.1 cm³/mol. The van der Waals surface area contributed by atoms with Gasteiger partial charge in [0, 0.05) is 23.3 Å². The number of fused-ring (bicyclic) bond motifs is 1. The van der Waals surface area contributed by atoms with E-state index in [9.17, 15) is 4.79 Å². The minimum atomic E-state index is -0.471. The molecule has 0 spiro atoms. The number of benzene rings is 1. The number of aromatic nitrogens is 4. The lowest BCUT2D eigenvalue weighted by atomic mass is 9.73. The van der Waals surface area contributed by atoms with Gasteiger partial charge < -0.3 is 5.32 Å². The maximum Gasteiger partial charge on any atom is 0.248 e. The Bertz CT molecular complexity index is 886. The molecular weight excluding hydrogens is 349 g/mol. The Hall–Kier alpha value is -1.92. The summed E-state index contributed by atoms with van der Waals surface area (Å²) in [7, 11) is 0. The molecule has 0 bridgehead atoms. The van der Waals surface area contributed by atoms with Crippen LogP contribution in [0.3, 0.4) is 0 Å². The lowest BCUT2D eigenvalue weighted by Gasteiger charge is -2.38. The number of carbonyl (C=O) groups excluding carboxylic acids is 1. The molecule has 6 nitrogen and oxygen atoms in total. The van der Waals surface area contributed by atoms with Gasteiger partial charge in [-0.1, -0.05) is 54.3 Å². The number of halogens is 2. The van der Waals surface area contributed by atoms with Crippen molar-refractivity contribution in [1.82, 2.24) is 20.2 Å². The molecule has 0 unspecified atom stereocenters. The van der Waals surface area contributed by atoms with Gasteiger partial charge in [0.25, 0.3) is 0 Å². The van der Waals surface area contributed by atoms with Crippen LogP contribution in [0.4, 0.5) is 5.95 Å². The van der Waals surface area contributed by atoms with E-state index >= 15 is 0 Å². The number of rotatable bonds is 1. The highest BCUT2D eigenvalue weighted by atomic mass is 35.5. The zero-order valence-corrected chi connectivity index (χ0v) is 14.7. The lowest BCUT2D eigenvalue weighted by molar-refractivity contribution is -0.118. The number of hydrogen-bond acceptors (Lipinski definition) is 5. The SMILES string of the molecule is CC1(C)CC(=O)C2=C(C1)Nc1nnnn1[C@@H]2c1cccc(Cl)c1Cl. The molecule has 2 heterocycles. The van der Waals surface area contributed by atoms with Crippen molar-refractivity contribution >= 4 is 34.9 Å². The van der Waals surface area contributed by atoms with Gasteiger partial charge in [-0.05, 0) is 28.3 Å². The molecule has 0 amide bonds. The van der Waals surface area contributed by atoms with Gasteiger partial charge in [-0.2, -0.15) is 4.68 Å². The smallest absolute Gasteiger partial charge is 0.248 e. The summed E-state index contributed by atoms with van der Waals surface area (Å²) in [6, 6.07) is 4.91. The standard InChI is InChI=1S/C16H15Cl2N5O/c1-16(2)6-10-12(11(24)7-16)14(23-15(19-10)20-21-22-23)8-4-3-5-9(17)13(8)18/h3-5,14H,6-7H2,1-2H3,(H,19,20,22)/t14-/m1/s1. The Kier molecular flexibility index (Phi) is 3.44. The van der Waals surface area contributed by atoms with Gasteiger partial charge in [-0.3, -0.25) is 4.79 Å². The summed E-state index contributed by atoms with van der Waals surface area (Å²) >= 11 is 12.6. The highest BCUT2D eigenvalue weighted by Gasteiger charge is 2.42. The number of tetrazole rings is 1. The van der Waals surface area contributed by atoms with E-state index in [-0.39, 0.29) is 11.2 Å². The van der Waals surface area contributed by atoms with Crippen LogP contribution in [0.15, 0.2) is 29.5 Å². The number of allylic oxidation sites excluding steroid dienone is 2. The maximum atomic E-state index is 12.9. The number of nitrogens with one attached hydrogen (secondary N) is 1. The Balaban J connectivity index is 1.95. The number of Topliss-reactive ketones (excluding diaryl/α,β-unsaturated/α-hetero) is 1. The molecule has 1 aromatic carbocycles. The number of anilines is 1. The molecule has 1 N–H and O–H groups in total. The van der Waals surface area contributed by atoms with Crippen molar-refractivity contribution < 1.29 is 4.79 Å². The molecule has 2 aliphatic rings. The van der Waals surface area contributed by atoms with Gasteiger partial charge in [0.15, 0.2) is 5.78 Å². The van der Waals surface area contributed by atoms with E-state index in [1.165, 1.54) is 0 Å². The zero-order valence-electron chi connectivity index (χ0n) is 13.2. The summed E-state index contributed by atoms with van der Waals surface area (Å²) in [6.45, 7) is 4.16. The van der Waals surface area contributed by atoms with E-state index in [0.717, 1.165) is 17.7 Å². The molecule has 0 saturated heterocycles. The first kappa shape index (κ1) is 15.6. The molecule has 24 heavy (non-hydrogen) atoms. The van der Waals surface area contributed by atoms with Gasteiger partial charge >= 0.3 is 0 Å². The van der Waals surface area contributed by atoms with Gasteiger partial charge in [0.05, 0.1) is 10.0 Å². The molecule has 0 radical (unpaired) electrons. The van der Waals surface area contributed by atoms with Crippen molar-refractivity contribution in [1.29, 1.82) is 0 Å². The van der Waals surface area contributed by atoms with E-state index < -0.39 is 6.04 Å². The highest BCUT2D eigenvalue weighted by Crippen LogP contribution is 2.46. The molecule has 1 aliphatic carbocycles. The Morgan fingerprint density at radius 3 is 2.88 bits per heavy atom. The zero-order chi connectivity index (χ0) is 17.1. The minimum Gasteiger partial charge on any atom is -0.326 e. The first-order valence-electron chi connectivity index (χ1n) is 7.62. The molecule has 1 aromatic heterocycles. The fraction of sp³-hybridized carbons (Fsp3) is 0.375. The molecule has 0 fully saturated rings. The minimum absolute atomic E-state index is 0.0796. The monoisotopic (exact) mass is 363 g/mol. The van der Waals surface area contributed by atoms with Crippen LogP contribution in [-0.4, -0.2) is 26.0 Å². The van der Waals surface area contributed by atoms with Crippen LogP contribution in [0.1, 0.15) is 38.3 Å². The van der Waals surface area contributed by atoms with Crippen molar-refractivity contribution in [3.05, 3.63) is 45.1 Å². The molecular formula is C16H15Cl2N5O. The topological polar surface area (TPSA) is 72.7 Å². The van der Waals surface area contributed by atoms with Crippen LogP contribution >= 0.6 is 23.2 Å². The Labute approximate surface area is 148 Å². The second-order valence-corrected chi connectivity index (χ2v) is 7.74. The van der Waals surface area contributed by atoms with Crippen LogP contribution in [0.25, 0.3) is 0 Å². The van der Waals surface area contributed by atoms with Gasteiger partial charge in [0.2, 0.25) is 5.95 Å². The van der Waals surface area contributed by atoms with Crippen molar-refractivity contribution in [2.75, 3.05) is 5.32 Å². The molecule has 1 aliphatic heterocycles. The molecule has 8 heteroatoms. The summed E-state index contributed by atoms with van der Waals surface area (Å²) < 4.78 is 1.59. The maximum absolute atomic E-state index is 12.9. The van der Waals surface area contributed by atoms with Crippen molar-refractivity contribution in [3.63, 3.8) is 0 Å². The number of nitrogens with zero attached hydrogens (tertiary/aromatic N) is 4. The summed E-state index contributed by atoms with van der Waals surface area (Å²) in [4.78, 5) is 12.9. The van der Waals surface area contributed by atoms with Crippen molar-refractivity contribution in [3.8, 4) is 0 Å². The summed E-state index contributed by atoms with van der Waals surface area (Å²) in [6.07, 6.45) is 1.22. The highest BCUT2D eigenvalue weighted by molar-refractivity contribution is 6.42. The van der Waals surface area contributed by atoms with Crippen molar-refractivity contribution in [2.24, 2.45) is 5.41 Å². The van der Waals surface area contributed by atoms with E-state index in [4.69, 9.17) is 23.2 Å². The second-order valence-electron chi connectivity index (χ2n) is 6.95. The van der Waals surface area contributed by atoms with Crippen LogP contribution in [0.5, 0.6) is 0 Å². The second kappa shape index (κ2) is 5.29. The number of hydrogen-bond donors (Lipinski definition) is 1. The van der Waals surface area contributed by atoms with Crippen LogP contribution < -0.4 is 5.32 Å². The van der Waals surface area contributed by atoms with E-state index in [1.807, 2.05) is 12.1 Å². The number of carbonyl (C=O) groups is 1. The first-order valence-corrected chi connectivity index (χ1v) is 8.38. The Morgan fingerprint density at radius 2 is 2.08 bits per heavy atom. The summed E-state index contributed by atoms with van der Waals surface area (Å²) in [5, 5.41) is 15.9. The average Bonchev–Trinajstić information content (AvgIpc) is 2.95. The molecule has 4 rings (SSSR count). The summed E-state index contributed by atoms with van der Waals surface area (Å²) in [5.74, 6) is 0.580. The van der Waals surface area contributed by atoms with Crippen LogP contribution in [-0.2, 0) is 4.79 Å². The predicted octanol–water partition coefficient (Wildman–Crippen LogP) is 3.64. The molecule has 124 valence electrons. The normalized spacial score (nSPS) is 22.0. The van der Waals surface area contributed by atoms with Crippen LogP contribution in [0, 0.1) is 5.41 Å². The van der Waals surface area contributed by atoms with E-state index in [0.29, 0.717) is 28.0 Å². The molecule has 2 aromatic rings. The van der Waals surface area contributed by atoms with E-state index in [2.05, 4.69) is 34.7 Å². The average molecular weight is 364 g/mol. The fourth-order valence-corrected chi connectivity index (χ4v) is 3.90. The largest absolute Gasteiger partial charge is 0.326 e. The van der Waals surface area contributed by atoms with Gasteiger partial charge in [-0.15, -0.1) is 0 Å². The van der Waals surface area contributed by atoms with Gasteiger partial charge in [-0.25, -0.2) is 0 Å². The molecule has 1 atom stereocenters. The molecule has 0 saturated carbocycles. The third-order valence-electron chi connectivity index (χ3n) is 4.47. The first-order chi connectivity index (χ1) is 11.4. The van der Waals surface area contributed by atoms with Gasteiger partial charge in [0.1, 0.15) is 6.04 Å². The summed E-state index contributed by atoms with van der Waals surface area (Å²) in [5.41, 5.74) is 2.14. The third-order valence-corrected chi connectivity index (χ3v) is 5.30. The quantitative estimate of drug-likeness (QED) is 0.837. The third kappa shape index (κ3) is 2.32. The lowest BCUT2D eigenvalue weighted by Crippen LogP contribution is -2.36. The number of ketones is 1. The Morgan fingerprint density at radius 1 is 1.29 bits per heavy atom. The fourth-order valence-electron chi connectivity index (χ4n) is 3.49.